The quantitative estimate of drug-likeness (QED) is 0.396. The summed E-state index contributed by atoms with van der Waals surface area (Å²) in [6, 6.07) is 9.67. The lowest BCUT2D eigenvalue weighted by Crippen LogP contribution is -2.22. The Kier molecular flexibility index (Phi) is 7.40. The van der Waals surface area contributed by atoms with Crippen molar-refractivity contribution in [3.8, 4) is 0 Å². The van der Waals surface area contributed by atoms with Crippen LogP contribution in [0.15, 0.2) is 30.3 Å². The minimum atomic E-state index is -0.223. The maximum atomic E-state index is 11.7. The molecule has 1 atom stereocenters. The van der Waals surface area contributed by atoms with Crippen LogP contribution < -0.4 is 0 Å². The predicted molar refractivity (Wildman–Crippen MR) is 77.7 cm³/mol. The zero-order valence-electron chi connectivity index (χ0n) is 12.2. The fraction of sp³-hybridized carbons (Fsp3) is 0.500. The molecule has 109 valence electrons. The monoisotopic (exact) mass is 276 g/mol. The van der Waals surface area contributed by atoms with Crippen LogP contribution >= 0.6 is 0 Å². The number of amides is 1. The second-order valence-corrected chi connectivity index (χ2v) is 4.67. The molecule has 1 aromatic carbocycles. The second-order valence-electron chi connectivity index (χ2n) is 4.67. The summed E-state index contributed by atoms with van der Waals surface area (Å²) in [6.45, 7) is 5.06. The molecular weight excluding hydrogens is 254 g/mol. The van der Waals surface area contributed by atoms with E-state index in [4.69, 9.17) is 4.74 Å². The smallest absolute Gasteiger partial charge is 0.312 e. The van der Waals surface area contributed by atoms with E-state index < -0.39 is 0 Å². The number of benzene rings is 1. The van der Waals surface area contributed by atoms with Crippen LogP contribution in [-0.4, -0.2) is 30.4 Å². The summed E-state index contributed by atoms with van der Waals surface area (Å²) in [5.41, 5.74) is 0.994. The highest BCUT2D eigenvalue weighted by molar-refractivity contribution is 5.69. The number of carbonyl (C=O) groups is 1. The molecule has 4 nitrogen and oxygen atoms in total. The van der Waals surface area contributed by atoms with E-state index in [1.807, 2.05) is 50.6 Å². The van der Waals surface area contributed by atoms with Crippen LogP contribution in [0.2, 0.25) is 0 Å². The van der Waals surface area contributed by atoms with Gasteiger partial charge < -0.3 is 9.64 Å². The SMILES string of the molecule is CCN([C]=O)CCCCC(=O)OC(C)c1ccccc1. The van der Waals surface area contributed by atoms with Gasteiger partial charge in [-0.15, -0.1) is 0 Å². The summed E-state index contributed by atoms with van der Waals surface area (Å²) in [6.07, 6.45) is 3.53. The van der Waals surface area contributed by atoms with Gasteiger partial charge in [0.1, 0.15) is 6.10 Å². The number of rotatable bonds is 9. The Morgan fingerprint density at radius 1 is 1.30 bits per heavy atom. The molecule has 0 aliphatic rings. The van der Waals surface area contributed by atoms with Crippen molar-refractivity contribution in [1.82, 2.24) is 4.90 Å². The first-order valence-electron chi connectivity index (χ1n) is 7.04. The summed E-state index contributed by atoms with van der Waals surface area (Å²) in [5, 5.41) is 0. The molecule has 1 aromatic rings. The molecule has 0 bridgehead atoms. The fourth-order valence-electron chi connectivity index (χ4n) is 1.89. The van der Waals surface area contributed by atoms with E-state index in [2.05, 4.69) is 0 Å². The van der Waals surface area contributed by atoms with Gasteiger partial charge in [-0.3, -0.25) is 9.59 Å². The molecule has 0 aromatic heterocycles. The molecule has 0 aliphatic heterocycles. The molecule has 0 saturated carbocycles. The van der Waals surface area contributed by atoms with Crippen molar-refractivity contribution >= 4 is 12.4 Å². The van der Waals surface area contributed by atoms with Crippen molar-refractivity contribution in [2.24, 2.45) is 0 Å². The van der Waals surface area contributed by atoms with Crippen LogP contribution in [0.25, 0.3) is 0 Å². The lowest BCUT2D eigenvalue weighted by atomic mass is 10.1. The van der Waals surface area contributed by atoms with E-state index in [0.29, 0.717) is 19.5 Å². The van der Waals surface area contributed by atoms with Gasteiger partial charge in [-0.2, -0.15) is 0 Å². The molecule has 1 radical (unpaired) electrons. The lowest BCUT2D eigenvalue weighted by Gasteiger charge is -2.14. The van der Waals surface area contributed by atoms with Crippen LogP contribution in [0, 0.1) is 0 Å². The van der Waals surface area contributed by atoms with Crippen LogP contribution in [0.5, 0.6) is 0 Å². The predicted octanol–water partition coefficient (Wildman–Crippen LogP) is 2.85. The van der Waals surface area contributed by atoms with E-state index in [0.717, 1.165) is 18.4 Å². The maximum Gasteiger partial charge on any atom is 0.312 e. The molecule has 20 heavy (non-hydrogen) atoms. The Balaban J connectivity index is 2.22. The minimum Gasteiger partial charge on any atom is -0.458 e. The Hall–Kier alpha value is -1.84. The highest BCUT2D eigenvalue weighted by Gasteiger charge is 2.11. The van der Waals surface area contributed by atoms with E-state index in [1.165, 1.54) is 0 Å². The normalized spacial score (nSPS) is 11.7. The van der Waals surface area contributed by atoms with E-state index in [1.54, 1.807) is 4.90 Å². The number of hydrogen-bond acceptors (Lipinski definition) is 3. The zero-order valence-corrected chi connectivity index (χ0v) is 12.2. The topological polar surface area (TPSA) is 46.6 Å². The highest BCUT2D eigenvalue weighted by atomic mass is 16.5. The van der Waals surface area contributed by atoms with Crippen molar-refractivity contribution in [1.29, 1.82) is 0 Å². The lowest BCUT2D eigenvalue weighted by molar-refractivity contribution is -0.148. The van der Waals surface area contributed by atoms with Crippen molar-refractivity contribution in [2.75, 3.05) is 13.1 Å². The summed E-state index contributed by atoms with van der Waals surface area (Å²) in [4.78, 5) is 23.7. The standard InChI is InChI=1S/C16H22NO3/c1-3-17(13-18)12-8-7-11-16(19)20-14(2)15-9-5-4-6-10-15/h4-6,9-10,14H,3,7-8,11-12H2,1-2H3. The first-order valence-corrected chi connectivity index (χ1v) is 7.04. The van der Waals surface area contributed by atoms with Gasteiger partial charge >= 0.3 is 12.4 Å². The number of ether oxygens (including phenoxy) is 1. The Labute approximate surface area is 120 Å². The van der Waals surface area contributed by atoms with Gasteiger partial charge in [0.25, 0.3) is 0 Å². The Morgan fingerprint density at radius 3 is 2.60 bits per heavy atom. The third-order valence-corrected chi connectivity index (χ3v) is 3.15. The van der Waals surface area contributed by atoms with Crippen LogP contribution in [-0.2, 0) is 14.3 Å². The summed E-state index contributed by atoms with van der Waals surface area (Å²) < 4.78 is 5.37. The van der Waals surface area contributed by atoms with Crippen molar-refractivity contribution in [3.05, 3.63) is 35.9 Å². The minimum absolute atomic E-state index is 0.195. The molecule has 0 saturated heterocycles. The van der Waals surface area contributed by atoms with Gasteiger partial charge in [-0.1, -0.05) is 30.3 Å². The summed E-state index contributed by atoms with van der Waals surface area (Å²) in [5.74, 6) is -0.195. The van der Waals surface area contributed by atoms with Crippen molar-refractivity contribution in [2.45, 2.75) is 39.2 Å². The third-order valence-electron chi connectivity index (χ3n) is 3.15. The summed E-state index contributed by atoms with van der Waals surface area (Å²) in [7, 11) is 0. The average Bonchev–Trinajstić information content (AvgIpc) is 2.48. The Bertz CT molecular complexity index is 405. The summed E-state index contributed by atoms with van der Waals surface area (Å²) >= 11 is 0. The van der Waals surface area contributed by atoms with Gasteiger partial charge in [0.05, 0.1) is 0 Å². The molecule has 0 aliphatic carbocycles. The second kappa shape index (κ2) is 9.13. The number of hydrogen-bond donors (Lipinski definition) is 0. The molecule has 1 rings (SSSR count). The third kappa shape index (κ3) is 5.87. The van der Waals surface area contributed by atoms with Crippen LogP contribution in [0.3, 0.4) is 0 Å². The van der Waals surface area contributed by atoms with Gasteiger partial charge in [-0.25, -0.2) is 0 Å². The Morgan fingerprint density at radius 2 is 2.00 bits per heavy atom. The number of esters is 1. The molecule has 1 amide bonds. The molecule has 0 heterocycles. The molecular formula is C16H22NO3. The number of unbranched alkanes of at least 4 members (excludes halogenated alkanes) is 1. The molecule has 0 fully saturated rings. The first-order chi connectivity index (χ1) is 9.67. The van der Waals surface area contributed by atoms with E-state index >= 15 is 0 Å². The molecule has 4 heteroatoms. The number of nitrogens with zero attached hydrogens (tertiary/aromatic N) is 1. The maximum absolute atomic E-state index is 11.7. The van der Waals surface area contributed by atoms with Gasteiger partial charge in [0, 0.05) is 19.5 Å². The van der Waals surface area contributed by atoms with Crippen LogP contribution in [0.4, 0.5) is 0 Å². The fourth-order valence-corrected chi connectivity index (χ4v) is 1.89. The first kappa shape index (κ1) is 16.2. The molecule has 1 unspecified atom stereocenters. The number of carbonyl (C=O) groups excluding carboxylic acids is 2. The molecule has 0 spiro atoms. The van der Waals surface area contributed by atoms with E-state index in [-0.39, 0.29) is 12.1 Å². The van der Waals surface area contributed by atoms with Crippen LogP contribution in [0.1, 0.15) is 44.8 Å². The average molecular weight is 276 g/mol. The largest absolute Gasteiger partial charge is 0.458 e. The van der Waals surface area contributed by atoms with Gasteiger partial charge in [-0.05, 0) is 32.3 Å². The van der Waals surface area contributed by atoms with Crippen molar-refractivity contribution in [3.63, 3.8) is 0 Å². The van der Waals surface area contributed by atoms with Crippen molar-refractivity contribution < 1.29 is 14.3 Å². The van der Waals surface area contributed by atoms with Gasteiger partial charge in [0.15, 0.2) is 0 Å². The molecule has 0 N–H and O–H groups in total. The van der Waals surface area contributed by atoms with Gasteiger partial charge in [0.2, 0.25) is 0 Å². The highest BCUT2D eigenvalue weighted by Crippen LogP contribution is 2.17. The zero-order chi connectivity index (χ0) is 14.8. The van der Waals surface area contributed by atoms with E-state index in [9.17, 15) is 9.59 Å².